The first-order valence-electron chi connectivity index (χ1n) is 6.20. The van der Waals surface area contributed by atoms with E-state index < -0.39 is 0 Å². The molecular formula is C15H19FN2. The highest BCUT2D eigenvalue weighted by atomic mass is 19.1. The van der Waals surface area contributed by atoms with E-state index in [4.69, 9.17) is 0 Å². The summed E-state index contributed by atoms with van der Waals surface area (Å²) in [7, 11) is 4.10. The molecule has 0 spiro atoms. The van der Waals surface area contributed by atoms with Crippen molar-refractivity contribution < 1.29 is 4.39 Å². The predicted molar refractivity (Wildman–Crippen MR) is 74.2 cm³/mol. The molecule has 96 valence electrons. The van der Waals surface area contributed by atoms with Crippen LogP contribution in [0.1, 0.15) is 5.56 Å². The molecule has 0 radical (unpaired) electrons. The van der Waals surface area contributed by atoms with Gasteiger partial charge in [-0.2, -0.15) is 0 Å². The van der Waals surface area contributed by atoms with Crippen molar-refractivity contribution in [2.45, 2.75) is 6.54 Å². The number of hydrogen-bond donors (Lipinski definition) is 1. The highest BCUT2D eigenvalue weighted by Crippen LogP contribution is 2.21. The molecular weight excluding hydrogens is 227 g/mol. The van der Waals surface area contributed by atoms with E-state index in [9.17, 15) is 4.39 Å². The van der Waals surface area contributed by atoms with Crippen LogP contribution in [0.2, 0.25) is 0 Å². The van der Waals surface area contributed by atoms with Gasteiger partial charge < -0.3 is 10.2 Å². The van der Waals surface area contributed by atoms with Gasteiger partial charge in [-0.1, -0.05) is 30.3 Å². The fraction of sp³-hybridized carbons (Fsp3) is 0.333. The second kappa shape index (κ2) is 5.94. The van der Waals surface area contributed by atoms with Crippen molar-refractivity contribution in [2.75, 3.05) is 27.2 Å². The van der Waals surface area contributed by atoms with E-state index in [1.54, 1.807) is 6.07 Å². The van der Waals surface area contributed by atoms with Gasteiger partial charge in [-0.25, -0.2) is 4.39 Å². The summed E-state index contributed by atoms with van der Waals surface area (Å²) in [5, 5.41) is 5.07. The number of hydrogen-bond acceptors (Lipinski definition) is 2. The van der Waals surface area contributed by atoms with E-state index in [0.717, 1.165) is 30.6 Å². The number of nitrogens with one attached hydrogen (secondary N) is 1. The number of halogens is 1. The van der Waals surface area contributed by atoms with Gasteiger partial charge in [0.15, 0.2) is 0 Å². The third kappa shape index (κ3) is 3.06. The Labute approximate surface area is 107 Å². The van der Waals surface area contributed by atoms with Gasteiger partial charge in [0.05, 0.1) is 0 Å². The quantitative estimate of drug-likeness (QED) is 0.816. The fourth-order valence-corrected chi connectivity index (χ4v) is 2.00. The summed E-state index contributed by atoms with van der Waals surface area (Å²) in [6.07, 6.45) is 0. The SMILES string of the molecule is CN(C)CCNCc1ccc(F)c2ccccc12. The summed E-state index contributed by atoms with van der Waals surface area (Å²) in [5.74, 6) is -0.150. The zero-order chi connectivity index (χ0) is 13.0. The Morgan fingerprint density at radius 2 is 1.78 bits per heavy atom. The zero-order valence-corrected chi connectivity index (χ0v) is 10.9. The van der Waals surface area contributed by atoms with Gasteiger partial charge in [-0.05, 0) is 31.1 Å². The highest BCUT2D eigenvalue weighted by Gasteiger charge is 2.04. The van der Waals surface area contributed by atoms with E-state index in [1.807, 2.05) is 30.3 Å². The molecule has 0 atom stereocenters. The predicted octanol–water partition coefficient (Wildman–Crippen LogP) is 2.63. The molecule has 0 amide bonds. The summed E-state index contributed by atoms with van der Waals surface area (Å²) in [6.45, 7) is 2.70. The molecule has 0 unspecified atom stereocenters. The minimum Gasteiger partial charge on any atom is -0.311 e. The maximum absolute atomic E-state index is 13.6. The summed E-state index contributed by atoms with van der Waals surface area (Å²) < 4.78 is 13.6. The number of nitrogens with zero attached hydrogens (tertiary/aromatic N) is 1. The molecule has 0 fully saturated rings. The molecule has 0 aliphatic rings. The van der Waals surface area contributed by atoms with Crippen LogP contribution >= 0.6 is 0 Å². The lowest BCUT2D eigenvalue weighted by atomic mass is 10.0. The minimum atomic E-state index is -0.150. The Bertz CT molecular complexity index is 523. The lowest BCUT2D eigenvalue weighted by Gasteiger charge is -2.12. The second-order valence-electron chi connectivity index (χ2n) is 4.73. The summed E-state index contributed by atoms with van der Waals surface area (Å²) in [4.78, 5) is 2.13. The van der Waals surface area contributed by atoms with E-state index >= 15 is 0 Å². The fourth-order valence-electron chi connectivity index (χ4n) is 2.00. The molecule has 0 saturated carbocycles. The maximum atomic E-state index is 13.6. The van der Waals surface area contributed by atoms with Crippen LogP contribution in [0.3, 0.4) is 0 Å². The summed E-state index contributed by atoms with van der Waals surface area (Å²) in [6, 6.07) is 11.0. The molecule has 2 nitrogen and oxygen atoms in total. The van der Waals surface area contributed by atoms with Crippen molar-refractivity contribution in [3.05, 3.63) is 47.8 Å². The Balaban J connectivity index is 2.11. The molecule has 3 heteroatoms. The smallest absolute Gasteiger partial charge is 0.131 e. The van der Waals surface area contributed by atoms with E-state index in [-0.39, 0.29) is 5.82 Å². The highest BCUT2D eigenvalue weighted by molar-refractivity contribution is 5.86. The van der Waals surface area contributed by atoms with Gasteiger partial charge in [0, 0.05) is 25.0 Å². The van der Waals surface area contributed by atoms with Gasteiger partial charge in [0.1, 0.15) is 5.82 Å². The number of fused-ring (bicyclic) bond motifs is 1. The topological polar surface area (TPSA) is 15.3 Å². The first-order chi connectivity index (χ1) is 8.68. The molecule has 0 bridgehead atoms. The minimum absolute atomic E-state index is 0.150. The average Bonchev–Trinajstić information content (AvgIpc) is 2.37. The van der Waals surface area contributed by atoms with Crippen LogP contribution in [0.4, 0.5) is 4.39 Å². The first kappa shape index (κ1) is 13.0. The van der Waals surface area contributed by atoms with Crippen molar-refractivity contribution in [1.29, 1.82) is 0 Å². The van der Waals surface area contributed by atoms with Crippen LogP contribution in [0, 0.1) is 5.82 Å². The molecule has 18 heavy (non-hydrogen) atoms. The maximum Gasteiger partial charge on any atom is 0.131 e. The largest absolute Gasteiger partial charge is 0.311 e. The normalized spacial score (nSPS) is 11.3. The van der Waals surface area contributed by atoms with Crippen molar-refractivity contribution in [3.63, 3.8) is 0 Å². The number of benzene rings is 2. The molecule has 0 heterocycles. The Morgan fingerprint density at radius 3 is 2.50 bits per heavy atom. The van der Waals surface area contributed by atoms with Crippen LogP contribution in [-0.4, -0.2) is 32.1 Å². The van der Waals surface area contributed by atoms with Crippen LogP contribution < -0.4 is 5.32 Å². The van der Waals surface area contributed by atoms with E-state index in [1.165, 1.54) is 0 Å². The third-order valence-electron chi connectivity index (χ3n) is 3.01. The molecule has 2 rings (SSSR count). The molecule has 0 aliphatic heterocycles. The van der Waals surface area contributed by atoms with Gasteiger partial charge in [-0.15, -0.1) is 0 Å². The Hall–Kier alpha value is -1.45. The van der Waals surface area contributed by atoms with Gasteiger partial charge >= 0.3 is 0 Å². The van der Waals surface area contributed by atoms with E-state index in [2.05, 4.69) is 24.3 Å². The summed E-state index contributed by atoms with van der Waals surface area (Å²) in [5.41, 5.74) is 1.14. The number of rotatable bonds is 5. The van der Waals surface area contributed by atoms with Gasteiger partial charge in [0.2, 0.25) is 0 Å². The van der Waals surface area contributed by atoms with Crippen LogP contribution in [0.5, 0.6) is 0 Å². The second-order valence-corrected chi connectivity index (χ2v) is 4.73. The average molecular weight is 246 g/mol. The molecule has 2 aromatic carbocycles. The van der Waals surface area contributed by atoms with Gasteiger partial charge in [-0.3, -0.25) is 0 Å². The molecule has 0 aromatic heterocycles. The molecule has 1 N–H and O–H groups in total. The lowest BCUT2D eigenvalue weighted by molar-refractivity contribution is 0.400. The summed E-state index contributed by atoms with van der Waals surface area (Å²) >= 11 is 0. The van der Waals surface area contributed by atoms with E-state index in [0.29, 0.717) is 5.39 Å². The Kier molecular flexibility index (Phi) is 4.28. The third-order valence-corrected chi connectivity index (χ3v) is 3.01. The monoisotopic (exact) mass is 246 g/mol. The number of likely N-dealkylation sites (N-methyl/N-ethyl adjacent to an activating group) is 1. The van der Waals surface area contributed by atoms with Crippen LogP contribution in [0.15, 0.2) is 36.4 Å². The van der Waals surface area contributed by atoms with Crippen molar-refractivity contribution in [1.82, 2.24) is 10.2 Å². The lowest BCUT2D eigenvalue weighted by Crippen LogP contribution is -2.26. The first-order valence-corrected chi connectivity index (χ1v) is 6.20. The van der Waals surface area contributed by atoms with Gasteiger partial charge in [0.25, 0.3) is 0 Å². The molecule has 0 saturated heterocycles. The Morgan fingerprint density at radius 1 is 1.06 bits per heavy atom. The van der Waals surface area contributed by atoms with Crippen molar-refractivity contribution in [2.24, 2.45) is 0 Å². The van der Waals surface area contributed by atoms with Crippen LogP contribution in [-0.2, 0) is 6.54 Å². The molecule has 2 aromatic rings. The molecule has 0 aliphatic carbocycles. The van der Waals surface area contributed by atoms with Crippen molar-refractivity contribution in [3.8, 4) is 0 Å². The van der Waals surface area contributed by atoms with Crippen molar-refractivity contribution >= 4 is 10.8 Å². The van der Waals surface area contributed by atoms with Crippen LogP contribution in [0.25, 0.3) is 10.8 Å². The standard InChI is InChI=1S/C15H19FN2/c1-18(2)10-9-17-11-12-7-8-15(16)14-6-4-3-5-13(12)14/h3-8,17H,9-11H2,1-2H3. The zero-order valence-electron chi connectivity index (χ0n) is 10.9.